The van der Waals surface area contributed by atoms with Crippen LogP contribution in [-0.2, 0) is 0 Å². The molecule has 0 aliphatic carbocycles. The fourth-order valence-electron chi connectivity index (χ4n) is 1.38. The zero-order chi connectivity index (χ0) is 14.9. The number of benzene rings is 1. The summed E-state index contributed by atoms with van der Waals surface area (Å²) >= 11 is 17.5. The Bertz CT molecular complexity index is 668. The number of pyridine rings is 1. The molecule has 2 aromatic rings. The second-order valence-corrected chi connectivity index (χ2v) is 4.88. The van der Waals surface area contributed by atoms with Crippen molar-refractivity contribution in [2.75, 3.05) is 12.4 Å². The highest BCUT2D eigenvalue weighted by molar-refractivity contribution is 6.43. The summed E-state index contributed by atoms with van der Waals surface area (Å²) in [6, 6.07) is 3.32. The molecule has 0 aliphatic heterocycles. The summed E-state index contributed by atoms with van der Waals surface area (Å²) in [5, 5.41) is 3.00. The topological polar surface area (TPSA) is 34.2 Å². The van der Waals surface area contributed by atoms with Gasteiger partial charge in [0.05, 0.1) is 15.1 Å². The molecule has 0 aliphatic rings. The van der Waals surface area contributed by atoms with Gasteiger partial charge in [-0.2, -0.15) is 4.98 Å². The first kappa shape index (κ1) is 15.1. The second kappa shape index (κ2) is 5.99. The minimum Gasteiger partial charge on any atom is -0.435 e. The third-order valence-corrected chi connectivity index (χ3v) is 3.33. The van der Waals surface area contributed by atoms with Gasteiger partial charge in [-0.05, 0) is 6.07 Å². The van der Waals surface area contributed by atoms with Crippen LogP contribution in [0, 0.1) is 11.6 Å². The minimum absolute atomic E-state index is 0.0566. The monoisotopic (exact) mass is 338 g/mol. The van der Waals surface area contributed by atoms with Crippen LogP contribution in [0.15, 0.2) is 18.2 Å². The second-order valence-electron chi connectivity index (χ2n) is 3.65. The van der Waals surface area contributed by atoms with Crippen molar-refractivity contribution in [1.82, 2.24) is 4.98 Å². The van der Waals surface area contributed by atoms with Gasteiger partial charge < -0.3 is 10.1 Å². The summed E-state index contributed by atoms with van der Waals surface area (Å²) < 4.78 is 32.1. The average molecular weight is 340 g/mol. The molecule has 1 aromatic heterocycles. The van der Waals surface area contributed by atoms with Crippen molar-refractivity contribution in [2.24, 2.45) is 0 Å². The van der Waals surface area contributed by atoms with Crippen molar-refractivity contribution in [1.29, 1.82) is 0 Å². The molecule has 3 nitrogen and oxygen atoms in total. The van der Waals surface area contributed by atoms with E-state index >= 15 is 0 Å². The number of ether oxygens (including phenoxy) is 1. The van der Waals surface area contributed by atoms with Crippen molar-refractivity contribution in [3.05, 3.63) is 44.9 Å². The van der Waals surface area contributed by atoms with E-state index in [0.717, 1.165) is 0 Å². The summed E-state index contributed by atoms with van der Waals surface area (Å²) in [5.41, 5.74) is 0. The fraction of sp³-hybridized carbons (Fsp3) is 0.0833. The molecule has 0 bridgehead atoms. The summed E-state index contributed by atoms with van der Waals surface area (Å²) in [7, 11) is 1.44. The van der Waals surface area contributed by atoms with Crippen molar-refractivity contribution < 1.29 is 13.5 Å². The third-order valence-electron chi connectivity index (χ3n) is 2.32. The van der Waals surface area contributed by atoms with Crippen LogP contribution in [0.25, 0.3) is 0 Å². The molecule has 1 aromatic carbocycles. The number of hydrogen-bond acceptors (Lipinski definition) is 3. The lowest BCUT2D eigenvalue weighted by Gasteiger charge is -2.10. The van der Waals surface area contributed by atoms with Crippen LogP contribution in [0.2, 0.25) is 15.1 Å². The van der Waals surface area contributed by atoms with Gasteiger partial charge in [-0.1, -0.05) is 34.8 Å². The quantitative estimate of drug-likeness (QED) is 0.785. The molecular weight excluding hydrogens is 333 g/mol. The van der Waals surface area contributed by atoms with Crippen LogP contribution in [0.1, 0.15) is 0 Å². The number of hydrogen-bond donors (Lipinski definition) is 1. The summed E-state index contributed by atoms with van der Waals surface area (Å²) in [6.07, 6.45) is 0. The molecule has 20 heavy (non-hydrogen) atoms. The van der Waals surface area contributed by atoms with Crippen LogP contribution in [-0.4, -0.2) is 12.0 Å². The Morgan fingerprint density at radius 1 is 1.00 bits per heavy atom. The van der Waals surface area contributed by atoms with Crippen LogP contribution in [0.5, 0.6) is 11.6 Å². The van der Waals surface area contributed by atoms with E-state index in [-0.39, 0.29) is 26.6 Å². The van der Waals surface area contributed by atoms with Gasteiger partial charge in [0.2, 0.25) is 0 Å². The predicted octanol–water partition coefficient (Wildman–Crippen LogP) is 5.15. The van der Waals surface area contributed by atoms with Gasteiger partial charge in [-0.3, -0.25) is 0 Å². The standard InChI is InChI=1S/C12H7Cl3F2N2O/c1-18-11-8(16)4-9(17)12(19-11)20-10-3-6(14)5(13)2-7(10)15/h2-4H,1H3,(H,18,19). The highest BCUT2D eigenvalue weighted by Crippen LogP contribution is 2.36. The van der Waals surface area contributed by atoms with E-state index < -0.39 is 17.5 Å². The Kier molecular flexibility index (Phi) is 4.52. The Balaban J connectivity index is 2.42. The zero-order valence-corrected chi connectivity index (χ0v) is 12.2. The average Bonchev–Trinajstić information content (AvgIpc) is 2.38. The normalized spacial score (nSPS) is 10.5. The van der Waals surface area contributed by atoms with E-state index in [4.69, 9.17) is 39.5 Å². The van der Waals surface area contributed by atoms with Crippen molar-refractivity contribution in [2.45, 2.75) is 0 Å². The molecule has 2 rings (SSSR count). The van der Waals surface area contributed by atoms with E-state index in [0.29, 0.717) is 6.07 Å². The first-order valence-electron chi connectivity index (χ1n) is 5.28. The Morgan fingerprint density at radius 2 is 1.65 bits per heavy atom. The molecule has 0 radical (unpaired) electrons. The molecule has 0 atom stereocenters. The fourth-order valence-corrected chi connectivity index (χ4v) is 1.96. The van der Waals surface area contributed by atoms with Gasteiger partial charge in [0.15, 0.2) is 17.5 Å². The number of halogens is 5. The van der Waals surface area contributed by atoms with Gasteiger partial charge in [0, 0.05) is 19.2 Å². The molecule has 0 saturated heterocycles. The molecule has 1 heterocycles. The van der Waals surface area contributed by atoms with Gasteiger partial charge in [-0.15, -0.1) is 0 Å². The zero-order valence-electron chi connectivity index (χ0n) is 9.98. The summed E-state index contributed by atoms with van der Waals surface area (Å²) in [6.45, 7) is 0. The highest BCUT2D eigenvalue weighted by atomic mass is 35.5. The number of nitrogens with one attached hydrogen (secondary N) is 1. The molecule has 0 spiro atoms. The minimum atomic E-state index is -0.969. The Hall–Kier alpha value is -1.30. The SMILES string of the molecule is CNc1nc(Oc2cc(Cl)c(Cl)cc2Cl)c(F)cc1F. The van der Waals surface area contributed by atoms with Crippen LogP contribution < -0.4 is 10.1 Å². The van der Waals surface area contributed by atoms with Crippen molar-refractivity contribution in [3.63, 3.8) is 0 Å². The Labute approximate surface area is 128 Å². The number of rotatable bonds is 3. The molecule has 0 unspecified atom stereocenters. The van der Waals surface area contributed by atoms with Crippen molar-refractivity contribution >= 4 is 40.6 Å². The smallest absolute Gasteiger partial charge is 0.258 e. The summed E-state index contributed by atoms with van der Waals surface area (Å²) in [4.78, 5) is 3.66. The highest BCUT2D eigenvalue weighted by Gasteiger charge is 2.15. The van der Waals surface area contributed by atoms with Gasteiger partial charge in [0.1, 0.15) is 5.75 Å². The molecule has 1 N–H and O–H groups in total. The molecule has 8 heteroatoms. The Morgan fingerprint density at radius 3 is 2.30 bits per heavy atom. The molecule has 106 valence electrons. The molecule has 0 amide bonds. The molecular formula is C12H7Cl3F2N2O. The van der Waals surface area contributed by atoms with Crippen LogP contribution in [0.4, 0.5) is 14.6 Å². The lowest BCUT2D eigenvalue weighted by Crippen LogP contribution is -2.01. The van der Waals surface area contributed by atoms with Crippen molar-refractivity contribution in [3.8, 4) is 11.6 Å². The van der Waals surface area contributed by atoms with Crippen LogP contribution >= 0.6 is 34.8 Å². The van der Waals surface area contributed by atoms with E-state index in [1.165, 1.54) is 19.2 Å². The predicted molar refractivity (Wildman–Crippen MR) is 75.2 cm³/mol. The summed E-state index contributed by atoms with van der Waals surface area (Å²) in [5.74, 6) is -2.34. The van der Waals surface area contributed by atoms with E-state index in [2.05, 4.69) is 10.3 Å². The number of anilines is 1. The van der Waals surface area contributed by atoms with Gasteiger partial charge in [-0.25, -0.2) is 8.78 Å². The molecule has 0 fully saturated rings. The largest absolute Gasteiger partial charge is 0.435 e. The maximum atomic E-state index is 13.6. The lowest BCUT2D eigenvalue weighted by atomic mass is 10.3. The lowest BCUT2D eigenvalue weighted by molar-refractivity contribution is 0.418. The van der Waals surface area contributed by atoms with E-state index in [1.54, 1.807) is 0 Å². The first-order valence-corrected chi connectivity index (χ1v) is 6.42. The van der Waals surface area contributed by atoms with E-state index in [1.807, 2.05) is 0 Å². The van der Waals surface area contributed by atoms with Gasteiger partial charge in [0.25, 0.3) is 5.88 Å². The maximum Gasteiger partial charge on any atom is 0.258 e. The maximum absolute atomic E-state index is 13.6. The number of aromatic nitrogens is 1. The molecule has 0 saturated carbocycles. The van der Waals surface area contributed by atoms with E-state index in [9.17, 15) is 8.78 Å². The first-order chi connectivity index (χ1) is 9.42. The van der Waals surface area contributed by atoms with Gasteiger partial charge >= 0.3 is 0 Å². The third kappa shape index (κ3) is 3.06. The number of nitrogens with zero attached hydrogens (tertiary/aromatic N) is 1. The van der Waals surface area contributed by atoms with Crippen LogP contribution in [0.3, 0.4) is 0 Å².